The van der Waals surface area contributed by atoms with Gasteiger partial charge in [0.15, 0.2) is 0 Å². The van der Waals surface area contributed by atoms with Crippen LogP contribution in [0, 0.1) is 0 Å². The maximum absolute atomic E-state index is 10.3. The van der Waals surface area contributed by atoms with Crippen molar-refractivity contribution in [1.29, 1.82) is 0 Å². The number of hydrogen-bond donors (Lipinski definition) is 4. The second kappa shape index (κ2) is 5.63. The summed E-state index contributed by atoms with van der Waals surface area (Å²) in [6, 6.07) is -0.757. The number of primary amides is 2. The van der Waals surface area contributed by atoms with Crippen molar-refractivity contribution in [2.75, 3.05) is 0 Å². The van der Waals surface area contributed by atoms with Gasteiger partial charge in [-0.2, -0.15) is 0 Å². The van der Waals surface area contributed by atoms with E-state index < -0.39 is 17.9 Å². The van der Waals surface area contributed by atoms with Crippen molar-refractivity contribution in [1.82, 2.24) is 6.15 Å². The highest BCUT2D eigenvalue weighted by atomic mass is 16.1. The molecule has 1 atom stereocenters. The fourth-order valence-corrected chi connectivity index (χ4v) is 0.440. The Hall–Kier alpha value is -1.14. The van der Waals surface area contributed by atoms with Crippen molar-refractivity contribution < 1.29 is 9.59 Å². The van der Waals surface area contributed by atoms with E-state index in [0.29, 0.717) is 0 Å². The Labute approximate surface area is 64.7 Å². The van der Waals surface area contributed by atoms with Gasteiger partial charge in [-0.3, -0.25) is 9.59 Å². The molecule has 0 aliphatic heterocycles. The molecule has 6 heteroatoms. The molecule has 0 aliphatic carbocycles. The maximum Gasteiger partial charge on any atom is 0.234 e. The highest BCUT2D eigenvalue weighted by Crippen LogP contribution is 1.91. The number of rotatable bonds is 4. The fourth-order valence-electron chi connectivity index (χ4n) is 0.440. The Morgan fingerprint density at radius 3 is 2.00 bits per heavy atom. The zero-order valence-electron chi connectivity index (χ0n) is 6.25. The first-order valence-corrected chi connectivity index (χ1v) is 2.87. The highest BCUT2D eigenvalue weighted by Gasteiger charge is 2.09. The minimum atomic E-state index is -0.757. The number of carbonyl (C=O) groups excluding carboxylic acids is 2. The van der Waals surface area contributed by atoms with Crippen LogP contribution in [0.25, 0.3) is 0 Å². The maximum atomic E-state index is 10.3. The zero-order chi connectivity index (χ0) is 8.15. The molecule has 0 aromatic rings. The van der Waals surface area contributed by atoms with Crippen molar-refractivity contribution in [3.8, 4) is 0 Å². The molecule has 0 aliphatic rings. The highest BCUT2D eigenvalue weighted by molar-refractivity contribution is 5.81. The second-order valence-corrected chi connectivity index (χ2v) is 2.01. The predicted octanol–water partition coefficient (Wildman–Crippen LogP) is -1.77. The molecule has 11 heavy (non-hydrogen) atoms. The molecule has 0 spiro atoms. The Morgan fingerprint density at radius 2 is 1.73 bits per heavy atom. The lowest BCUT2D eigenvalue weighted by atomic mass is 10.1. The summed E-state index contributed by atoms with van der Waals surface area (Å²) in [5.41, 5.74) is 14.8. The summed E-state index contributed by atoms with van der Waals surface area (Å²) in [4.78, 5) is 20.4. The van der Waals surface area contributed by atoms with E-state index in [1.54, 1.807) is 0 Å². The van der Waals surface area contributed by atoms with Crippen molar-refractivity contribution >= 4 is 11.8 Å². The quantitative estimate of drug-likeness (QED) is 0.387. The Morgan fingerprint density at radius 1 is 1.27 bits per heavy atom. The molecule has 0 saturated carbocycles. The van der Waals surface area contributed by atoms with Crippen molar-refractivity contribution in [3.63, 3.8) is 0 Å². The number of hydrogen-bond acceptors (Lipinski definition) is 4. The van der Waals surface area contributed by atoms with Crippen LogP contribution in [0.15, 0.2) is 0 Å². The number of nitrogens with two attached hydrogens (primary N) is 3. The lowest BCUT2D eigenvalue weighted by Gasteiger charge is -2.03. The van der Waals surface area contributed by atoms with Crippen LogP contribution in [-0.4, -0.2) is 17.9 Å². The summed E-state index contributed by atoms with van der Waals surface area (Å²) in [5, 5.41) is 0. The molecule has 66 valence electrons. The summed E-state index contributed by atoms with van der Waals surface area (Å²) in [6.45, 7) is 0. The Kier molecular flexibility index (Phi) is 6.41. The van der Waals surface area contributed by atoms with Crippen LogP contribution in [0.5, 0.6) is 0 Å². The van der Waals surface area contributed by atoms with E-state index in [1.807, 2.05) is 0 Å². The van der Waals surface area contributed by atoms with Crippen LogP contribution < -0.4 is 23.4 Å². The molecule has 0 fully saturated rings. The first-order valence-electron chi connectivity index (χ1n) is 2.87. The van der Waals surface area contributed by atoms with Crippen LogP contribution in [-0.2, 0) is 9.59 Å². The van der Waals surface area contributed by atoms with Gasteiger partial charge < -0.3 is 23.4 Å². The number of carbonyl (C=O) groups is 2. The summed E-state index contributed by atoms with van der Waals surface area (Å²) in [7, 11) is 0. The van der Waals surface area contributed by atoms with Crippen LogP contribution in [0.3, 0.4) is 0 Å². The third-order valence-corrected chi connectivity index (χ3v) is 1.07. The Bertz CT molecular complexity index is 147. The first kappa shape index (κ1) is 12.5. The summed E-state index contributed by atoms with van der Waals surface area (Å²) < 4.78 is 0. The van der Waals surface area contributed by atoms with Gasteiger partial charge in [0.1, 0.15) is 0 Å². The third kappa shape index (κ3) is 6.75. The van der Waals surface area contributed by atoms with Crippen LogP contribution in [0.4, 0.5) is 0 Å². The van der Waals surface area contributed by atoms with E-state index >= 15 is 0 Å². The van der Waals surface area contributed by atoms with Gasteiger partial charge in [-0.1, -0.05) is 0 Å². The molecule has 6 nitrogen and oxygen atoms in total. The molecule has 2 amide bonds. The van der Waals surface area contributed by atoms with Gasteiger partial charge in [-0.25, -0.2) is 0 Å². The molecule has 0 bridgehead atoms. The summed E-state index contributed by atoms with van der Waals surface area (Å²) in [6.07, 6.45) is 0.328. The second-order valence-electron chi connectivity index (χ2n) is 2.01. The lowest BCUT2D eigenvalue weighted by Crippen LogP contribution is -2.37. The van der Waals surface area contributed by atoms with E-state index in [0.717, 1.165) is 0 Å². The minimum absolute atomic E-state index is 0. The first-order chi connectivity index (χ1) is 4.54. The third-order valence-electron chi connectivity index (χ3n) is 1.07. The lowest BCUT2D eigenvalue weighted by molar-refractivity contribution is -0.120. The van der Waals surface area contributed by atoms with Crippen molar-refractivity contribution in [3.05, 3.63) is 0 Å². The van der Waals surface area contributed by atoms with Gasteiger partial charge in [-0.05, 0) is 6.42 Å². The largest absolute Gasteiger partial charge is 0.370 e. The molecule has 0 aromatic carbocycles. The van der Waals surface area contributed by atoms with Gasteiger partial charge in [-0.15, -0.1) is 0 Å². The summed E-state index contributed by atoms with van der Waals surface area (Å²) >= 11 is 0. The smallest absolute Gasteiger partial charge is 0.234 e. The Balaban J connectivity index is 0. The van der Waals surface area contributed by atoms with Crippen LogP contribution in [0.1, 0.15) is 12.8 Å². The van der Waals surface area contributed by atoms with Crippen LogP contribution >= 0.6 is 0 Å². The number of amides is 2. The molecule has 0 saturated heterocycles. The van der Waals surface area contributed by atoms with E-state index in [-0.39, 0.29) is 19.0 Å². The summed E-state index contributed by atoms with van der Waals surface area (Å²) in [5.74, 6) is -1.09. The van der Waals surface area contributed by atoms with Crippen LogP contribution in [0.2, 0.25) is 0 Å². The van der Waals surface area contributed by atoms with Crippen molar-refractivity contribution in [2.45, 2.75) is 18.9 Å². The predicted molar refractivity (Wildman–Crippen MR) is 40.6 cm³/mol. The standard InChI is InChI=1S/C5H11N3O2.H3N/c6-3(5(8)10)1-2-4(7)9;/h3H,1-2,6H2,(H2,7,9)(H2,8,10);1H3/t3-;/m0./s1. The van der Waals surface area contributed by atoms with Gasteiger partial charge >= 0.3 is 0 Å². The average Bonchev–Trinajstić information content (AvgIpc) is 1.82. The minimum Gasteiger partial charge on any atom is -0.370 e. The molecule has 0 radical (unpaired) electrons. The van der Waals surface area contributed by atoms with E-state index in [9.17, 15) is 9.59 Å². The zero-order valence-corrected chi connectivity index (χ0v) is 6.25. The van der Waals surface area contributed by atoms with Gasteiger partial charge in [0.05, 0.1) is 6.04 Å². The van der Waals surface area contributed by atoms with E-state index in [4.69, 9.17) is 17.2 Å². The molecule has 0 aromatic heterocycles. The molecule has 0 heterocycles. The molecular weight excluding hydrogens is 148 g/mol. The average molecular weight is 162 g/mol. The van der Waals surface area contributed by atoms with Gasteiger partial charge in [0, 0.05) is 6.42 Å². The van der Waals surface area contributed by atoms with E-state index in [2.05, 4.69) is 0 Å². The molecule has 9 N–H and O–H groups in total. The normalized spacial score (nSPS) is 11.4. The van der Waals surface area contributed by atoms with Crippen molar-refractivity contribution in [2.24, 2.45) is 17.2 Å². The topological polar surface area (TPSA) is 147 Å². The van der Waals surface area contributed by atoms with Gasteiger partial charge in [0.2, 0.25) is 11.8 Å². The monoisotopic (exact) mass is 162 g/mol. The molecular formula is C5H14N4O2. The fraction of sp³-hybridized carbons (Fsp3) is 0.600. The van der Waals surface area contributed by atoms with E-state index in [1.165, 1.54) is 0 Å². The molecule has 0 rings (SSSR count). The van der Waals surface area contributed by atoms with Gasteiger partial charge in [0.25, 0.3) is 0 Å². The molecule has 0 unspecified atom stereocenters. The SMILES string of the molecule is N.NC(=O)CC[C@H](N)C(N)=O.